The lowest BCUT2D eigenvalue weighted by atomic mass is 9.80. The zero-order valence-corrected chi connectivity index (χ0v) is 21.2. The average Bonchev–Trinajstić information content (AvgIpc) is 3.42. The number of thiophene rings is 1. The number of nitrogens with zero attached hydrogens (tertiary/aromatic N) is 2. The van der Waals surface area contributed by atoms with Crippen LogP contribution in [0.2, 0.25) is 0 Å². The molecule has 0 aliphatic rings. The van der Waals surface area contributed by atoms with Crippen molar-refractivity contribution in [2.75, 3.05) is 27.7 Å². The number of ether oxygens (including phenoxy) is 1. The Kier molecular flexibility index (Phi) is 6.56. The third-order valence-corrected chi connectivity index (χ3v) is 7.52. The summed E-state index contributed by atoms with van der Waals surface area (Å²) >= 11 is 1.71. The second-order valence-electron chi connectivity index (χ2n) is 9.22. The molecule has 0 fully saturated rings. The number of pyridine rings is 1. The molecule has 1 unspecified atom stereocenters. The van der Waals surface area contributed by atoms with Gasteiger partial charge in [-0.3, -0.25) is 0 Å². The molecule has 5 rings (SSSR count). The number of hydrogen-bond acceptors (Lipinski definition) is 5. The minimum Gasteiger partial charge on any atom is -0.481 e. The Morgan fingerprint density at radius 1 is 0.914 bits per heavy atom. The summed E-state index contributed by atoms with van der Waals surface area (Å²) in [5.74, 6) is 0.460. The molecule has 2 heterocycles. The first-order valence-corrected chi connectivity index (χ1v) is 12.8. The van der Waals surface area contributed by atoms with Crippen LogP contribution in [0.1, 0.15) is 24.0 Å². The van der Waals surface area contributed by atoms with Crippen molar-refractivity contribution in [1.82, 2.24) is 9.88 Å². The molecule has 5 aromatic rings. The van der Waals surface area contributed by atoms with Crippen molar-refractivity contribution in [2.24, 2.45) is 0 Å². The Labute approximate surface area is 210 Å². The summed E-state index contributed by atoms with van der Waals surface area (Å²) < 4.78 is 5.78. The number of hydrogen-bond donors (Lipinski definition) is 1. The van der Waals surface area contributed by atoms with E-state index in [4.69, 9.17) is 9.72 Å². The van der Waals surface area contributed by atoms with Crippen molar-refractivity contribution in [3.05, 3.63) is 95.4 Å². The Balaban J connectivity index is 1.72. The van der Waals surface area contributed by atoms with Crippen LogP contribution in [-0.2, 0) is 5.60 Å². The predicted molar refractivity (Wildman–Crippen MR) is 146 cm³/mol. The first kappa shape index (κ1) is 23.5. The Morgan fingerprint density at radius 2 is 1.74 bits per heavy atom. The second-order valence-corrected chi connectivity index (χ2v) is 10.2. The smallest absolute Gasteiger partial charge is 0.220 e. The quantitative estimate of drug-likeness (QED) is 0.267. The summed E-state index contributed by atoms with van der Waals surface area (Å²) in [6.45, 7) is 0.874. The lowest BCUT2D eigenvalue weighted by molar-refractivity contribution is 0.0648. The van der Waals surface area contributed by atoms with Crippen LogP contribution in [0.3, 0.4) is 0 Å². The molecule has 0 aliphatic carbocycles. The molecule has 178 valence electrons. The number of fused-ring (bicyclic) bond motifs is 2. The van der Waals surface area contributed by atoms with Crippen molar-refractivity contribution < 1.29 is 9.84 Å². The molecule has 0 aliphatic heterocycles. The second kappa shape index (κ2) is 9.78. The molecular formula is C30H30N2O2S. The van der Waals surface area contributed by atoms with Crippen LogP contribution in [0.4, 0.5) is 0 Å². The largest absolute Gasteiger partial charge is 0.481 e. The lowest BCUT2D eigenvalue weighted by Crippen LogP contribution is -2.30. The SMILES string of the molecule is COc1nc2ccc(-c3cccs3)cc2cc1C(O)(CCCN(C)C)c1cccc2ccccc12. The summed E-state index contributed by atoms with van der Waals surface area (Å²) in [7, 11) is 5.74. The third-order valence-electron chi connectivity index (χ3n) is 6.60. The Morgan fingerprint density at radius 3 is 2.51 bits per heavy atom. The summed E-state index contributed by atoms with van der Waals surface area (Å²) in [6.07, 6.45) is 1.37. The fraction of sp³-hybridized carbons (Fsp3) is 0.233. The van der Waals surface area contributed by atoms with E-state index in [9.17, 15) is 5.11 Å². The molecule has 2 aromatic heterocycles. The Bertz CT molecular complexity index is 1460. The highest BCUT2D eigenvalue weighted by Crippen LogP contribution is 2.43. The molecule has 0 saturated carbocycles. The van der Waals surface area contributed by atoms with Gasteiger partial charge in [-0.05, 0) is 85.0 Å². The van der Waals surface area contributed by atoms with Crippen molar-refractivity contribution in [1.29, 1.82) is 0 Å². The van der Waals surface area contributed by atoms with Crippen molar-refractivity contribution in [3.8, 4) is 16.3 Å². The number of benzene rings is 3. The van der Waals surface area contributed by atoms with Gasteiger partial charge in [-0.25, -0.2) is 4.98 Å². The van der Waals surface area contributed by atoms with E-state index in [0.717, 1.165) is 45.8 Å². The summed E-state index contributed by atoms with van der Waals surface area (Å²) in [6, 6.07) is 26.9. The molecule has 35 heavy (non-hydrogen) atoms. The van der Waals surface area contributed by atoms with Crippen molar-refractivity contribution >= 4 is 33.0 Å². The van der Waals surface area contributed by atoms with E-state index >= 15 is 0 Å². The molecule has 4 nitrogen and oxygen atoms in total. The van der Waals surface area contributed by atoms with E-state index in [0.29, 0.717) is 17.9 Å². The molecule has 1 N–H and O–H groups in total. The highest BCUT2D eigenvalue weighted by Gasteiger charge is 2.36. The monoisotopic (exact) mass is 482 g/mol. The van der Waals surface area contributed by atoms with Crippen LogP contribution in [0, 0.1) is 0 Å². The van der Waals surface area contributed by atoms with Gasteiger partial charge in [-0.15, -0.1) is 11.3 Å². The van der Waals surface area contributed by atoms with E-state index in [2.05, 4.69) is 72.9 Å². The maximum absolute atomic E-state index is 12.6. The topological polar surface area (TPSA) is 45.6 Å². The van der Waals surface area contributed by atoms with Crippen LogP contribution in [0.25, 0.3) is 32.1 Å². The standard InChI is InChI=1S/C30H30N2O2S/c1-32(2)17-8-16-30(33,25-12-6-10-21-9-4-5-11-24(21)25)26-20-23-19-22(28-13-7-18-35-28)14-15-27(23)31-29(26)34-3/h4-7,9-15,18-20,33H,8,16-17H2,1-3H3. The molecule has 0 bridgehead atoms. The minimum absolute atomic E-state index is 0.460. The van der Waals surface area contributed by atoms with Gasteiger partial charge >= 0.3 is 0 Å². The maximum Gasteiger partial charge on any atom is 0.220 e. The van der Waals surface area contributed by atoms with Gasteiger partial charge < -0.3 is 14.7 Å². The van der Waals surface area contributed by atoms with Gasteiger partial charge in [0.2, 0.25) is 5.88 Å². The van der Waals surface area contributed by atoms with Gasteiger partial charge in [0.05, 0.1) is 18.2 Å². The minimum atomic E-state index is -1.26. The lowest BCUT2D eigenvalue weighted by Gasteiger charge is -2.32. The summed E-state index contributed by atoms with van der Waals surface area (Å²) in [5.41, 5.74) is 2.31. The fourth-order valence-electron chi connectivity index (χ4n) is 4.86. The summed E-state index contributed by atoms with van der Waals surface area (Å²) in [4.78, 5) is 8.20. The van der Waals surface area contributed by atoms with Crippen LogP contribution >= 0.6 is 11.3 Å². The molecule has 1 atom stereocenters. The molecule has 3 aromatic carbocycles. The normalized spacial score (nSPS) is 13.4. The number of aliphatic hydroxyl groups is 1. The molecule has 5 heteroatoms. The average molecular weight is 483 g/mol. The molecule has 0 amide bonds. The van der Waals surface area contributed by atoms with Gasteiger partial charge in [0.1, 0.15) is 5.60 Å². The molecular weight excluding hydrogens is 452 g/mol. The highest BCUT2D eigenvalue weighted by atomic mass is 32.1. The predicted octanol–water partition coefficient (Wildman–Crippen LogP) is 6.70. The zero-order valence-electron chi connectivity index (χ0n) is 20.4. The van der Waals surface area contributed by atoms with E-state index in [1.807, 2.05) is 30.3 Å². The molecule has 0 radical (unpaired) electrons. The summed E-state index contributed by atoms with van der Waals surface area (Å²) in [5, 5.41) is 17.8. The van der Waals surface area contributed by atoms with Crippen LogP contribution in [0.15, 0.2) is 84.2 Å². The van der Waals surface area contributed by atoms with Crippen LogP contribution < -0.4 is 4.74 Å². The van der Waals surface area contributed by atoms with Gasteiger partial charge in [0.15, 0.2) is 0 Å². The van der Waals surface area contributed by atoms with E-state index in [1.165, 1.54) is 4.88 Å². The van der Waals surface area contributed by atoms with Crippen molar-refractivity contribution in [2.45, 2.75) is 18.4 Å². The van der Waals surface area contributed by atoms with E-state index < -0.39 is 5.60 Å². The van der Waals surface area contributed by atoms with Gasteiger partial charge in [0, 0.05) is 10.3 Å². The van der Waals surface area contributed by atoms with Gasteiger partial charge in [-0.2, -0.15) is 0 Å². The first-order chi connectivity index (χ1) is 17.0. The number of methoxy groups -OCH3 is 1. The number of aromatic nitrogens is 1. The fourth-order valence-corrected chi connectivity index (χ4v) is 5.58. The zero-order chi connectivity index (χ0) is 24.4. The number of rotatable bonds is 8. The van der Waals surface area contributed by atoms with Crippen LogP contribution in [-0.4, -0.2) is 42.7 Å². The van der Waals surface area contributed by atoms with Crippen LogP contribution in [0.5, 0.6) is 5.88 Å². The van der Waals surface area contributed by atoms with Gasteiger partial charge in [-0.1, -0.05) is 54.6 Å². The van der Waals surface area contributed by atoms with Crippen molar-refractivity contribution in [3.63, 3.8) is 0 Å². The third kappa shape index (κ3) is 4.55. The Hall–Kier alpha value is -3.25. The molecule has 0 spiro atoms. The maximum atomic E-state index is 12.6. The first-order valence-electron chi connectivity index (χ1n) is 11.9. The van der Waals surface area contributed by atoms with Gasteiger partial charge in [0.25, 0.3) is 0 Å². The van der Waals surface area contributed by atoms with E-state index in [1.54, 1.807) is 18.4 Å². The highest BCUT2D eigenvalue weighted by molar-refractivity contribution is 7.13. The van der Waals surface area contributed by atoms with E-state index in [-0.39, 0.29) is 0 Å². The molecule has 0 saturated heterocycles.